The van der Waals surface area contributed by atoms with E-state index in [-0.39, 0.29) is 18.7 Å². The van der Waals surface area contributed by atoms with Gasteiger partial charge in [0.2, 0.25) is 5.88 Å². The van der Waals surface area contributed by atoms with Crippen LogP contribution in [0.4, 0.5) is 5.82 Å². The average molecular weight is 546 g/mol. The molecular formula is C19H23IN4O5S. The van der Waals surface area contributed by atoms with E-state index in [4.69, 9.17) is 18.4 Å². The highest BCUT2D eigenvalue weighted by atomic mass is 127. The molecule has 2 aromatic rings. The van der Waals surface area contributed by atoms with Gasteiger partial charge in [0, 0.05) is 46.4 Å². The van der Waals surface area contributed by atoms with Gasteiger partial charge in [-0.1, -0.05) is 0 Å². The Morgan fingerprint density at radius 2 is 2.17 bits per heavy atom. The Morgan fingerprint density at radius 1 is 1.33 bits per heavy atom. The molecule has 30 heavy (non-hydrogen) atoms. The Bertz CT molecular complexity index is 838. The predicted octanol–water partition coefficient (Wildman–Crippen LogP) is 3.59. The molecule has 0 amide bonds. The molecule has 0 aliphatic carbocycles. The maximum Gasteiger partial charge on any atom is 0.307 e. The zero-order valence-corrected chi connectivity index (χ0v) is 19.5. The number of esters is 1. The first-order valence-electron chi connectivity index (χ1n) is 9.60. The number of ether oxygens (including phenoxy) is 3. The number of rotatable bonds is 11. The summed E-state index contributed by atoms with van der Waals surface area (Å²) in [6, 6.07) is 5.59. The van der Waals surface area contributed by atoms with Gasteiger partial charge in [0.05, 0.1) is 26.2 Å². The number of aryl methyl sites for hydroxylation is 1. The molecule has 11 heteroatoms. The molecule has 3 rings (SSSR count). The first-order valence-corrected chi connectivity index (χ1v) is 12.9. The minimum atomic E-state index is -0.261. The van der Waals surface area contributed by atoms with Crippen LogP contribution in [0.5, 0.6) is 5.88 Å². The van der Waals surface area contributed by atoms with Gasteiger partial charge in [0.25, 0.3) is 0 Å². The van der Waals surface area contributed by atoms with E-state index in [1.165, 1.54) is 0 Å². The topological polar surface area (TPSA) is 105 Å². The molecule has 0 unspecified atom stereocenters. The van der Waals surface area contributed by atoms with Gasteiger partial charge in [0.15, 0.2) is 12.1 Å². The number of anilines is 1. The quantitative estimate of drug-likeness (QED) is 0.256. The maximum atomic E-state index is 11.5. The van der Waals surface area contributed by atoms with Crippen LogP contribution < -0.4 is 9.50 Å². The molecule has 0 bridgehead atoms. The van der Waals surface area contributed by atoms with Crippen molar-refractivity contribution >= 4 is 42.2 Å². The summed E-state index contributed by atoms with van der Waals surface area (Å²) in [5.74, 6) is 1.12. The number of hydrogen-bond acceptors (Lipinski definition) is 10. The highest BCUT2D eigenvalue weighted by Gasteiger charge is 2.16. The maximum absolute atomic E-state index is 11.5. The first-order chi connectivity index (χ1) is 14.7. The fourth-order valence-electron chi connectivity index (χ4n) is 2.84. The number of carbonyl (C=O) groups is 1. The molecule has 1 saturated heterocycles. The van der Waals surface area contributed by atoms with E-state index in [1.807, 2.05) is 33.3 Å². The van der Waals surface area contributed by atoms with E-state index in [0.29, 0.717) is 49.6 Å². The smallest absolute Gasteiger partial charge is 0.307 e. The van der Waals surface area contributed by atoms with Crippen molar-refractivity contribution in [2.75, 3.05) is 31.7 Å². The van der Waals surface area contributed by atoms with E-state index < -0.39 is 0 Å². The highest BCUT2D eigenvalue weighted by molar-refractivity contribution is 14.2. The zero-order valence-electron chi connectivity index (χ0n) is 16.5. The Labute approximate surface area is 191 Å². The van der Waals surface area contributed by atoms with Crippen LogP contribution in [0.15, 0.2) is 24.4 Å². The number of hydrogen-bond donors (Lipinski definition) is 1. The van der Waals surface area contributed by atoms with Crippen LogP contribution in [0, 0.1) is 0 Å². The standard InChI is InChI=1S/C19H23IN4O5S/c1-2-26-17(25)6-8-22-15-12-16(29-30-20)24-19(23-15)14-11-13(5-7-21-14)3-4-18-27-9-10-28-18/h5,7,11-12,18H,2-4,6,8-10H2,1H3,(H,22,23,24). The van der Waals surface area contributed by atoms with Crippen molar-refractivity contribution in [2.45, 2.75) is 32.5 Å². The molecule has 1 aliphatic rings. The molecule has 1 aliphatic heterocycles. The molecule has 0 aromatic carbocycles. The summed E-state index contributed by atoms with van der Waals surface area (Å²) in [4.78, 5) is 24.9. The van der Waals surface area contributed by atoms with Gasteiger partial charge < -0.3 is 23.7 Å². The molecule has 0 atom stereocenters. The van der Waals surface area contributed by atoms with Crippen molar-refractivity contribution < 1.29 is 23.2 Å². The number of nitrogens with one attached hydrogen (secondary N) is 1. The Morgan fingerprint density at radius 3 is 2.93 bits per heavy atom. The van der Waals surface area contributed by atoms with Crippen LogP contribution in [0.25, 0.3) is 11.5 Å². The van der Waals surface area contributed by atoms with Crippen molar-refractivity contribution in [1.29, 1.82) is 0 Å². The highest BCUT2D eigenvalue weighted by Crippen LogP contribution is 2.25. The lowest BCUT2D eigenvalue weighted by Gasteiger charge is -2.11. The van der Waals surface area contributed by atoms with Crippen molar-refractivity contribution in [1.82, 2.24) is 15.0 Å². The second-order valence-corrected chi connectivity index (χ2v) is 7.67. The second kappa shape index (κ2) is 12.2. The summed E-state index contributed by atoms with van der Waals surface area (Å²) in [6.45, 7) is 3.83. The third-order valence-electron chi connectivity index (χ3n) is 4.17. The molecular weight excluding hydrogens is 523 g/mol. The lowest BCUT2D eigenvalue weighted by atomic mass is 10.1. The van der Waals surface area contributed by atoms with Crippen LogP contribution >= 0.6 is 30.4 Å². The monoisotopic (exact) mass is 546 g/mol. The fraction of sp³-hybridized carbons (Fsp3) is 0.474. The number of halogens is 1. The summed E-state index contributed by atoms with van der Waals surface area (Å²) in [6.07, 6.45) is 3.40. The van der Waals surface area contributed by atoms with Gasteiger partial charge in [-0.05, 0) is 31.0 Å². The molecule has 1 fully saturated rings. The Balaban J connectivity index is 1.70. The SMILES string of the molecule is CCOC(=O)CCNc1cc(OSI)nc(-c2cc(CCC3OCCO3)ccn2)n1. The van der Waals surface area contributed by atoms with Crippen molar-refractivity contribution in [3.63, 3.8) is 0 Å². The predicted molar refractivity (Wildman–Crippen MR) is 121 cm³/mol. The Hall–Kier alpha value is -1.70. The lowest BCUT2D eigenvalue weighted by molar-refractivity contribution is -0.142. The van der Waals surface area contributed by atoms with Gasteiger partial charge >= 0.3 is 5.97 Å². The Kier molecular flexibility index (Phi) is 9.36. The van der Waals surface area contributed by atoms with Crippen molar-refractivity contribution in [3.05, 3.63) is 30.0 Å². The van der Waals surface area contributed by atoms with Crippen LogP contribution in [-0.2, 0) is 25.4 Å². The van der Waals surface area contributed by atoms with Gasteiger partial charge in [0.1, 0.15) is 20.7 Å². The van der Waals surface area contributed by atoms with Crippen LogP contribution in [0.2, 0.25) is 0 Å². The van der Waals surface area contributed by atoms with E-state index in [0.717, 1.165) is 27.6 Å². The first kappa shape index (κ1) is 23.0. The number of nitrogens with zero attached hydrogens (tertiary/aromatic N) is 3. The molecule has 9 nitrogen and oxygen atoms in total. The molecule has 0 spiro atoms. The van der Waals surface area contributed by atoms with Crippen LogP contribution in [0.1, 0.15) is 25.3 Å². The summed E-state index contributed by atoms with van der Waals surface area (Å²) in [5, 5.41) is 3.12. The normalized spacial score (nSPS) is 13.9. The fourth-order valence-corrected chi connectivity index (χ4v) is 3.54. The van der Waals surface area contributed by atoms with E-state index in [2.05, 4.69) is 20.3 Å². The van der Waals surface area contributed by atoms with E-state index in [1.54, 1.807) is 19.2 Å². The largest absolute Gasteiger partial charge is 0.466 e. The van der Waals surface area contributed by atoms with Gasteiger partial charge in [-0.3, -0.25) is 9.78 Å². The van der Waals surface area contributed by atoms with Gasteiger partial charge in [-0.25, -0.2) is 4.98 Å². The van der Waals surface area contributed by atoms with Crippen molar-refractivity contribution in [2.24, 2.45) is 0 Å². The minimum absolute atomic E-state index is 0.148. The second-order valence-electron chi connectivity index (χ2n) is 6.30. The average Bonchev–Trinajstić information content (AvgIpc) is 3.27. The van der Waals surface area contributed by atoms with Crippen LogP contribution in [0.3, 0.4) is 0 Å². The zero-order chi connectivity index (χ0) is 21.2. The van der Waals surface area contributed by atoms with Gasteiger partial charge in [-0.2, -0.15) is 4.98 Å². The number of pyridine rings is 1. The number of carbonyl (C=O) groups excluding carboxylic acids is 1. The van der Waals surface area contributed by atoms with E-state index in [9.17, 15) is 4.79 Å². The molecule has 2 aromatic heterocycles. The number of aromatic nitrogens is 3. The van der Waals surface area contributed by atoms with Crippen LogP contribution in [-0.4, -0.2) is 53.6 Å². The van der Waals surface area contributed by atoms with E-state index >= 15 is 0 Å². The summed E-state index contributed by atoms with van der Waals surface area (Å²) >= 11 is 2.02. The molecule has 0 saturated carbocycles. The summed E-state index contributed by atoms with van der Waals surface area (Å²) in [7, 11) is 1.16. The minimum Gasteiger partial charge on any atom is -0.466 e. The molecule has 1 N–H and O–H groups in total. The summed E-state index contributed by atoms with van der Waals surface area (Å²) in [5.41, 5.74) is 1.73. The van der Waals surface area contributed by atoms with Gasteiger partial charge in [-0.15, -0.1) is 0 Å². The molecule has 162 valence electrons. The van der Waals surface area contributed by atoms with Crippen molar-refractivity contribution in [3.8, 4) is 17.4 Å². The lowest BCUT2D eigenvalue weighted by Crippen LogP contribution is -2.12. The summed E-state index contributed by atoms with van der Waals surface area (Å²) < 4.78 is 21.4. The third-order valence-corrected chi connectivity index (χ3v) is 4.95. The third kappa shape index (κ3) is 7.22. The molecule has 0 radical (unpaired) electrons. The molecule has 3 heterocycles.